The van der Waals surface area contributed by atoms with Crippen LogP contribution in [0, 0.1) is 45.8 Å². The summed E-state index contributed by atoms with van der Waals surface area (Å²) in [6.07, 6.45) is 21.3. The molecule has 10 unspecified atom stereocenters. The molecule has 1 N–H and O–H groups in total. The number of fused-ring (bicyclic) bond motifs is 5. The summed E-state index contributed by atoms with van der Waals surface area (Å²) in [6.45, 7) is 33.1. The third-order valence-electron chi connectivity index (χ3n) is 12.2. The van der Waals surface area contributed by atoms with E-state index in [0.29, 0.717) is 16.2 Å². The lowest BCUT2D eigenvalue weighted by molar-refractivity contribution is -0.160. The Bertz CT molecular complexity index is 664. The van der Waals surface area contributed by atoms with Crippen molar-refractivity contribution < 1.29 is 0 Å². The molecule has 0 aromatic rings. The lowest BCUT2D eigenvalue weighted by Crippen LogP contribution is -2.57. The van der Waals surface area contributed by atoms with Gasteiger partial charge in [0, 0.05) is 12.1 Å². The van der Waals surface area contributed by atoms with Crippen LogP contribution < -0.4 is 5.32 Å². The van der Waals surface area contributed by atoms with Gasteiger partial charge in [0.1, 0.15) is 0 Å². The van der Waals surface area contributed by atoms with Crippen molar-refractivity contribution in [1.82, 2.24) is 5.32 Å². The maximum absolute atomic E-state index is 4.20. The first-order chi connectivity index (χ1) is 18.2. The minimum absolute atomic E-state index is 0.576. The number of allylic oxidation sites excluding steroid dienone is 1. The van der Waals surface area contributed by atoms with Crippen LogP contribution in [0.2, 0.25) is 0 Å². The van der Waals surface area contributed by atoms with Crippen LogP contribution in [0.1, 0.15) is 153 Å². The fraction of sp³-hybridized carbons (Fsp3) is 0.892. The lowest BCUT2D eigenvalue weighted by Gasteiger charge is -2.65. The van der Waals surface area contributed by atoms with E-state index in [9.17, 15) is 0 Å². The monoisotopic (exact) mass is 530 g/mol. The van der Waals surface area contributed by atoms with Gasteiger partial charge in [-0.2, -0.15) is 0 Å². The number of hydrogen-bond donors (Lipinski definition) is 1. The molecular weight excluding hydrogens is 458 g/mol. The normalized spacial score (nSPS) is 44.1. The van der Waals surface area contributed by atoms with Crippen LogP contribution in [0.15, 0.2) is 25.8 Å². The minimum Gasteiger partial charge on any atom is -0.311 e. The molecule has 1 saturated heterocycles. The summed E-state index contributed by atoms with van der Waals surface area (Å²) >= 11 is 0. The van der Waals surface area contributed by atoms with E-state index < -0.39 is 0 Å². The van der Waals surface area contributed by atoms with Crippen LogP contribution in [0.5, 0.6) is 0 Å². The quantitative estimate of drug-likeness (QED) is 0.357. The van der Waals surface area contributed by atoms with Crippen LogP contribution >= 0.6 is 0 Å². The first-order valence-corrected chi connectivity index (χ1v) is 17.1. The van der Waals surface area contributed by atoms with Crippen molar-refractivity contribution in [2.75, 3.05) is 0 Å². The Morgan fingerprint density at radius 3 is 1.97 bits per heavy atom. The van der Waals surface area contributed by atoms with E-state index >= 15 is 0 Å². The zero-order valence-corrected chi connectivity index (χ0v) is 27.9. The molecule has 0 radical (unpaired) electrons. The maximum Gasteiger partial charge on any atom is 0.00816 e. The Morgan fingerprint density at radius 1 is 0.842 bits per heavy atom. The second kappa shape index (κ2) is 16.0. The van der Waals surface area contributed by atoms with Crippen LogP contribution in [-0.4, -0.2) is 12.1 Å². The fourth-order valence-corrected chi connectivity index (χ4v) is 9.94. The van der Waals surface area contributed by atoms with E-state index in [2.05, 4.69) is 72.7 Å². The van der Waals surface area contributed by atoms with Gasteiger partial charge in [-0.1, -0.05) is 81.2 Å². The van der Waals surface area contributed by atoms with E-state index in [-0.39, 0.29) is 0 Å². The molecule has 0 aromatic heterocycles. The molecule has 1 nitrogen and oxygen atoms in total. The number of nitrogens with one attached hydrogen (secondary N) is 1. The van der Waals surface area contributed by atoms with Gasteiger partial charge in [0.25, 0.3) is 0 Å². The van der Waals surface area contributed by atoms with E-state index in [4.69, 9.17) is 0 Å². The molecule has 10 atom stereocenters. The van der Waals surface area contributed by atoms with Crippen molar-refractivity contribution >= 4 is 0 Å². The smallest absolute Gasteiger partial charge is 0.00816 e. The topological polar surface area (TPSA) is 12.0 Å². The highest BCUT2D eigenvalue weighted by atomic mass is 15.0. The Morgan fingerprint density at radius 2 is 1.47 bits per heavy atom. The molecule has 5 aliphatic rings. The van der Waals surface area contributed by atoms with Crippen molar-refractivity contribution in [3.05, 3.63) is 25.8 Å². The molecule has 0 spiro atoms. The van der Waals surface area contributed by atoms with Crippen molar-refractivity contribution in [2.45, 2.75) is 165 Å². The van der Waals surface area contributed by atoms with Gasteiger partial charge >= 0.3 is 0 Å². The zero-order valence-electron chi connectivity index (χ0n) is 27.9. The van der Waals surface area contributed by atoms with Crippen LogP contribution in [0.4, 0.5) is 0 Å². The van der Waals surface area contributed by atoms with Crippen LogP contribution in [0.25, 0.3) is 0 Å². The molecule has 224 valence electrons. The summed E-state index contributed by atoms with van der Waals surface area (Å²) in [7, 11) is 0. The summed E-state index contributed by atoms with van der Waals surface area (Å²) in [4.78, 5) is 0. The largest absolute Gasteiger partial charge is 0.311 e. The standard InChI is InChI=1S/C25H42.C6H13N.2C2H6.C2H4/c1-6-8-18-11-16-25(5)22-13-15-24(4)19(7-2)9-10-21(24)20(22)12-14-23(25,3)17-18;1-3-6-4-5(2)7-6;3*1-2/h7,18-22H,2,6,8-17H2,1,3-5H3;5-7H,3-4H2,1-2H3;2*1-2H3;1-2H2. The third kappa shape index (κ3) is 7.01. The lowest BCUT2D eigenvalue weighted by atomic mass is 9.39. The summed E-state index contributed by atoms with van der Waals surface area (Å²) < 4.78 is 0. The van der Waals surface area contributed by atoms with Gasteiger partial charge in [-0.25, -0.2) is 0 Å². The number of rotatable bonds is 4. The fourth-order valence-electron chi connectivity index (χ4n) is 9.94. The molecular formula is C37H71N. The average Bonchev–Trinajstić information content (AvgIpc) is 3.27. The Balaban J connectivity index is 0.000000468. The molecule has 4 aliphatic carbocycles. The maximum atomic E-state index is 4.20. The van der Waals surface area contributed by atoms with Gasteiger partial charge < -0.3 is 5.32 Å². The van der Waals surface area contributed by atoms with Gasteiger partial charge in [0.05, 0.1) is 0 Å². The minimum atomic E-state index is 0.576. The Kier molecular flexibility index (Phi) is 15.0. The molecule has 0 amide bonds. The van der Waals surface area contributed by atoms with Crippen LogP contribution in [-0.2, 0) is 0 Å². The van der Waals surface area contributed by atoms with Crippen molar-refractivity contribution in [2.24, 2.45) is 45.8 Å². The van der Waals surface area contributed by atoms with Gasteiger partial charge in [-0.3, -0.25) is 0 Å². The highest BCUT2D eigenvalue weighted by Crippen LogP contribution is 2.71. The molecule has 1 heteroatoms. The van der Waals surface area contributed by atoms with Crippen molar-refractivity contribution in [3.8, 4) is 0 Å². The Labute approximate surface area is 241 Å². The second-order valence-electron chi connectivity index (χ2n) is 13.7. The molecule has 0 bridgehead atoms. The predicted octanol–water partition coefficient (Wildman–Crippen LogP) is 11.6. The van der Waals surface area contributed by atoms with Crippen molar-refractivity contribution in [1.29, 1.82) is 0 Å². The van der Waals surface area contributed by atoms with Gasteiger partial charge in [0.2, 0.25) is 0 Å². The van der Waals surface area contributed by atoms with Crippen LogP contribution in [0.3, 0.4) is 0 Å². The molecule has 4 saturated carbocycles. The molecule has 5 rings (SSSR count). The Hall–Kier alpha value is -0.560. The van der Waals surface area contributed by atoms with Gasteiger partial charge in [-0.15, -0.1) is 19.7 Å². The summed E-state index contributed by atoms with van der Waals surface area (Å²) in [5, 5.41) is 3.39. The number of hydrogen-bond acceptors (Lipinski definition) is 1. The van der Waals surface area contributed by atoms with E-state index in [1.54, 1.807) is 0 Å². The SMILES string of the molecule is C=C.C=CC1CCC2C3CCC4(C)CC(CCC)CCC4(C)C3CCC12C.CC.CC.CCC1CC(C)N1. The zero-order chi connectivity index (χ0) is 29.1. The first kappa shape index (κ1) is 35.5. The second-order valence-corrected chi connectivity index (χ2v) is 13.7. The summed E-state index contributed by atoms with van der Waals surface area (Å²) in [5.41, 5.74) is 1.82. The summed E-state index contributed by atoms with van der Waals surface area (Å²) in [5.74, 6) is 4.83. The van der Waals surface area contributed by atoms with Gasteiger partial charge in [-0.05, 0) is 123 Å². The third-order valence-corrected chi connectivity index (χ3v) is 12.2. The van der Waals surface area contributed by atoms with E-state index in [1.165, 1.54) is 83.5 Å². The van der Waals surface area contributed by atoms with Crippen molar-refractivity contribution in [3.63, 3.8) is 0 Å². The predicted molar refractivity (Wildman–Crippen MR) is 174 cm³/mol. The highest BCUT2D eigenvalue weighted by Gasteiger charge is 2.62. The molecule has 0 aromatic carbocycles. The summed E-state index contributed by atoms with van der Waals surface area (Å²) in [6, 6.07) is 1.64. The molecule has 5 fully saturated rings. The molecule has 1 aliphatic heterocycles. The molecule has 1 heterocycles. The van der Waals surface area contributed by atoms with Gasteiger partial charge in [0.15, 0.2) is 0 Å². The van der Waals surface area contributed by atoms with E-state index in [1.807, 2.05) is 27.7 Å². The molecule has 38 heavy (non-hydrogen) atoms. The average molecular weight is 530 g/mol. The first-order valence-electron chi connectivity index (χ1n) is 17.1. The highest BCUT2D eigenvalue weighted by molar-refractivity contribution is 5.13. The van der Waals surface area contributed by atoms with E-state index in [0.717, 1.165) is 41.7 Å².